The predicted molar refractivity (Wildman–Crippen MR) is 123 cm³/mol. The Morgan fingerprint density at radius 3 is 1.97 bits per heavy atom. The fourth-order valence-corrected chi connectivity index (χ4v) is 4.39. The van der Waals surface area contributed by atoms with Gasteiger partial charge in [-0.25, -0.2) is 17.6 Å². The van der Waals surface area contributed by atoms with Crippen molar-refractivity contribution in [1.82, 2.24) is 0 Å². The molecule has 0 aliphatic heterocycles. The third kappa shape index (κ3) is 4.41. The maximum Gasteiger partial charge on any atom is 0.171 e. The van der Waals surface area contributed by atoms with E-state index >= 15 is 8.78 Å². The highest BCUT2D eigenvalue weighted by Gasteiger charge is 2.39. The van der Waals surface area contributed by atoms with Gasteiger partial charge >= 0.3 is 0 Å². The summed E-state index contributed by atoms with van der Waals surface area (Å²) in [7, 11) is 0. The largest absolute Gasteiger partial charge is 0.491 e. The van der Waals surface area contributed by atoms with E-state index in [0.29, 0.717) is 18.4 Å². The second-order valence-corrected chi connectivity index (χ2v) is 8.22. The molecular formula is C28H26F4O. The zero-order valence-corrected chi connectivity index (χ0v) is 18.5. The van der Waals surface area contributed by atoms with Gasteiger partial charge in [0, 0.05) is 11.1 Å². The van der Waals surface area contributed by atoms with Gasteiger partial charge in [-0.05, 0) is 66.5 Å². The lowest BCUT2D eigenvalue weighted by Crippen LogP contribution is -2.16. The highest BCUT2D eigenvalue weighted by molar-refractivity contribution is 5.76. The molecule has 2 atom stereocenters. The number of hydrogen-bond donors (Lipinski definition) is 0. The molecule has 3 aromatic rings. The van der Waals surface area contributed by atoms with Crippen LogP contribution in [0.25, 0.3) is 11.1 Å². The molecule has 0 spiro atoms. The summed E-state index contributed by atoms with van der Waals surface area (Å²) in [4.78, 5) is 0. The smallest absolute Gasteiger partial charge is 0.171 e. The number of fused-ring (bicyclic) bond motifs is 3. The van der Waals surface area contributed by atoms with Crippen molar-refractivity contribution < 1.29 is 22.3 Å². The van der Waals surface area contributed by atoms with E-state index in [-0.39, 0.29) is 29.0 Å². The lowest BCUT2D eigenvalue weighted by molar-refractivity contribution is 0.159. The van der Waals surface area contributed by atoms with E-state index in [1.54, 1.807) is 19.1 Å². The van der Waals surface area contributed by atoms with E-state index in [1.807, 2.05) is 30.3 Å². The molecule has 3 aromatic carbocycles. The molecule has 1 aliphatic rings. The summed E-state index contributed by atoms with van der Waals surface area (Å²) in [6.07, 6.45) is 0.00990. The van der Waals surface area contributed by atoms with Crippen LogP contribution in [0.15, 0.2) is 61.2 Å². The quantitative estimate of drug-likeness (QED) is 0.248. The molecule has 5 heteroatoms. The van der Waals surface area contributed by atoms with Gasteiger partial charge < -0.3 is 4.74 Å². The van der Waals surface area contributed by atoms with Crippen LogP contribution in [0.4, 0.5) is 17.6 Å². The highest BCUT2D eigenvalue weighted by Crippen LogP contribution is 2.51. The van der Waals surface area contributed by atoms with Crippen LogP contribution in [0, 0.1) is 11.6 Å². The van der Waals surface area contributed by atoms with Crippen LogP contribution in [-0.2, 0) is 19.3 Å². The molecule has 4 rings (SSSR count). The summed E-state index contributed by atoms with van der Waals surface area (Å²) < 4.78 is 65.4. The zero-order valence-electron chi connectivity index (χ0n) is 18.5. The Hall–Kier alpha value is -3.08. The molecule has 2 unspecified atom stereocenters. The summed E-state index contributed by atoms with van der Waals surface area (Å²) in [5.74, 6) is -1.83. The summed E-state index contributed by atoms with van der Waals surface area (Å²) >= 11 is 0. The molecule has 172 valence electrons. The first-order chi connectivity index (χ1) is 16.0. The van der Waals surface area contributed by atoms with Gasteiger partial charge in [-0.1, -0.05) is 48.5 Å². The third-order valence-corrected chi connectivity index (χ3v) is 6.15. The molecule has 0 heterocycles. The normalized spacial score (nSPS) is 16.8. The van der Waals surface area contributed by atoms with Crippen LogP contribution in [0.3, 0.4) is 0 Å². The van der Waals surface area contributed by atoms with E-state index in [0.717, 1.165) is 18.4 Å². The number of hydrogen-bond acceptors (Lipinski definition) is 1. The average Bonchev–Trinajstić information content (AvgIpc) is 2.82. The number of benzene rings is 3. The number of allylic oxidation sites excluding steroid dienone is 1. The van der Waals surface area contributed by atoms with Gasteiger partial charge in [-0.3, -0.25) is 0 Å². The minimum absolute atomic E-state index is 0.137. The van der Waals surface area contributed by atoms with Crippen LogP contribution in [0.1, 0.15) is 53.5 Å². The van der Waals surface area contributed by atoms with Gasteiger partial charge in [0.25, 0.3) is 0 Å². The Bertz CT molecular complexity index is 1150. The van der Waals surface area contributed by atoms with E-state index in [1.165, 1.54) is 17.7 Å². The van der Waals surface area contributed by atoms with Crippen molar-refractivity contribution in [2.24, 2.45) is 0 Å². The Morgan fingerprint density at radius 1 is 0.788 bits per heavy atom. The maximum atomic E-state index is 15.3. The summed E-state index contributed by atoms with van der Waals surface area (Å²) in [6.45, 7) is 5.59. The SMILES string of the molecule is C=CCCc1ccc(CCc2ccc3c(c2F)C(F)C(F)c2c-3ccc(OCC)c2F)cc1. The molecule has 1 aliphatic carbocycles. The third-order valence-electron chi connectivity index (χ3n) is 6.15. The first kappa shape index (κ1) is 23.1. The monoisotopic (exact) mass is 454 g/mol. The average molecular weight is 455 g/mol. The van der Waals surface area contributed by atoms with Gasteiger partial charge in [0.15, 0.2) is 23.9 Å². The van der Waals surface area contributed by atoms with Gasteiger partial charge in [-0.15, -0.1) is 6.58 Å². The predicted octanol–water partition coefficient (Wildman–Crippen LogP) is 7.97. The van der Waals surface area contributed by atoms with E-state index in [2.05, 4.69) is 6.58 Å². The fraction of sp³-hybridized carbons (Fsp3) is 0.286. The summed E-state index contributed by atoms with van der Waals surface area (Å²) in [5.41, 5.74) is 2.14. The van der Waals surface area contributed by atoms with Gasteiger partial charge in [0.2, 0.25) is 0 Å². The first-order valence-corrected chi connectivity index (χ1v) is 11.2. The molecule has 0 saturated carbocycles. The number of alkyl halides is 2. The summed E-state index contributed by atoms with van der Waals surface area (Å²) in [6, 6.07) is 14.0. The van der Waals surface area contributed by atoms with Crippen molar-refractivity contribution >= 4 is 0 Å². The lowest BCUT2D eigenvalue weighted by Gasteiger charge is -2.28. The first-order valence-electron chi connectivity index (χ1n) is 11.2. The van der Waals surface area contributed by atoms with Crippen LogP contribution in [-0.4, -0.2) is 6.61 Å². The number of ether oxygens (including phenoxy) is 1. The Morgan fingerprint density at radius 2 is 1.36 bits per heavy atom. The molecule has 0 radical (unpaired) electrons. The zero-order chi connectivity index (χ0) is 23.5. The van der Waals surface area contributed by atoms with Crippen LogP contribution in [0.2, 0.25) is 0 Å². The number of aryl methyl sites for hydroxylation is 3. The van der Waals surface area contributed by atoms with Gasteiger partial charge in [-0.2, -0.15) is 0 Å². The second kappa shape index (κ2) is 9.82. The van der Waals surface area contributed by atoms with Crippen molar-refractivity contribution in [3.05, 3.63) is 101 Å². The van der Waals surface area contributed by atoms with Crippen molar-refractivity contribution in [2.45, 2.75) is 45.0 Å². The molecule has 33 heavy (non-hydrogen) atoms. The molecule has 0 bridgehead atoms. The molecule has 0 amide bonds. The van der Waals surface area contributed by atoms with Gasteiger partial charge in [0.1, 0.15) is 5.82 Å². The van der Waals surface area contributed by atoms with Gasteiger partial charge in [0.05, 0.1) is 6.61 Å². The van der Waals surface area contributed by atoms with E-state index in [4.69, 9.17) is 4.74 Å². The molecule has 0 saturated heterocycles. The second-order valence-electron chi connectivity index (χ2n) is 8.22. The van der Waals surface area contributed by atoms with Crippen molar-refractivity contribution in [2.75, 3.05) is 6.61 Å². The topological polar surface area (TPSA) is 9.23 Å². The standard InChI is InChI=1S/C28H26F4O/c1-3-5-6-17-7-9-18(10-8-17)11-12-19-13-14-20-21-15-16-22(33-4-2)26(30)24(21)28(32)27(31)23(20)25(19)29/h3,7-10,13-16,27-28H,1,4-6,11-12H2,2H3. The Kier molecular flexibility index (Phi) is 6.87. The highest BCUT2D eigenvalue weighted by atomic mass is 19.2. The minimum Gasteiger partial charge on any atom is -0.491 e. The van der Waals surface area contributed by atoms with E-state index < -0.39 is 29.5 Å². The van der Waals surface area contributed by atoms with Crippen LogP contribution < -0.4 is 4.74 Å². The molecule has 0 aromatic heterocycles. The lowest BCUT2D eigenvalue weighted by atomic mass is 9.81. The summed E-state index contributed by atoms with van der Waals surface area (Å²) in [5, 5.41) is 0. The van der Waals surface area contributed by atoms with Crippen molar-refractivity contribution in [3.8, 4) is 16.9 Å². The molecule has 1 nitrogen and oxygen atoms in total. The Labute approximate surface area is 191 Å². The van der Waals surface area contributed by atoms with E-state index in [9.17, 15) is 8.78 Å². The number of rotatable bonds is 8. The van der Waals surface area contributed by atoms with Crippen molar-refractivity contribution in [3.63, 3.8) is 0 Å². The Balaban J connectivity index is 1.61. The fourth-order valence-electron chi connectivity index (χ4n) is 4.39. The minimum atomic E-state index is -2.30. The van der Waals surface area contributed by atoms with Crippen LogP contribution >= 0.6 is 0 Å². The van der Waals surface area contributed by atoms with Crippen molar-refractivity contribution in [1.29, 1.82) is 0 Å². The van der Waals surface area contributed by atoms with Crippen LogP contribution in [0.5, 0.6) is 5.75 Å². The number of halogens is 4. The molecule has 0 N–H and O–H groups in total. The molecule has 0 fully saturated rings. The maximum absolute atomic E-state index is 15.3. The molecular weight excluding hydrogens is 428 g/mol.